The number of Topliss-reactive ketones (excluding diaryl/α,β-unsaturated/α-hetero) is 1. The molecular formula is C16H23NO2. The van der Waals surface area contributed by atoms with Gasteiger partial charge in [0.2, 0.25) is 0 Å². The predicted molar refractivity (Wildman–Crippen MR) is 76.6 cm³/mol. The number of rotatable bonds is 5. The highest BCUT2D eigenvalue weighted by molar-refractivity contribution is 5.98. The van der Waals surface area contributed by atoms with Crippen LogP contribution in [0.5, 0.6) is 0 Å². The van der Waals surface area contributed by atoms with Crippen LogP contribution in [-0.4, -0.2) is 31.6 Å². The molecule has 0 bridgehead atoms. The van der Waals surface area contributed by atoms with E-state index >= 15 is 0 Å². The summed E-state index contributed by atoms with van der Waals surface area (Å²) in [7, 11) is 0. The Morgan fingerprint density at radius 3 is 2.79 bits per heavy atom. The molecule has 1 aliphatic heterocycles. The summed E-state index contributed by atoms with van der Waals surface area (Å²) in [6.07, 6.45) is 1.07. The maximum atomic E-state index is 12.6. The van der Waals surface area contributed by atoms with E-state index in [9.17, 15) is 4.79 Å². The molecule has 0 radical (unpaired) electrons. The summed E-state index contributed by atoms with van der Waals surface area (Å²) in [5, 5.41) is 3.41. The second-order valence-electron chi connectivity index (χ2n) is 5.37. The van der Waals surface area contributed by atoms with E-state index in [2.05, 4.69) is 19.2 Å². The van der Waals surface area contributed by atoms with Crippen molar-refractivity contribution >= 4 is 5.78 Å². The van der Waals surface area contributed by atoms with E-state index in [1.807, 2.05) is 25.1 Å². The normalized spacial score (nSPS) is 22.7. The van der Waals surface area contributed by atoms with Gasteiger partial charge in [0.05, 0.1) is 19.1 Å². The summed E-state index contributed by atoms with van der Waals surface area (Å²) in [6, 6.07) is 6.11. The Bertz CT molecular complexity index is 456. The zero-order valence-electron chi connectivity index (χ0n) is 12.0. The molecule has 3 nitrogen and oxygen atoms in total. The van der Waals surface area contributed by atoms with Crippen LogP contribution in [0.1, 0.15) is 34.8 Å². The van der Waals surface area contributed by atoms with Gasteiger partial charge in [-0.05, 0) is 44.0 Å². The van der Waals surface area contributed by atoms with Gasteiger partial charge in [-0.1, -0.05) is 19.1 Å². The van der Waals surface area contributed by atoms with E-state index < -0.39 is 0 Å². The van der Waals surface area contributed by atoms with E-state index in [1.165, 1.54) is 11.1 Å². The molecule has 1 aromatic carbocycles. The minimum atomic E-state index is -0.0475. The van der Waals surface area contributed by atoms with Crippen LogP contribution in [0.3, 0.4) is 0 Å². The molecule has 1 aromatic rings. The number of carbonyl (C=O) groups is 1. The fourth-order valence-corrected chi connectivity index (χ4v) is 2.45. The van der Waals surface area contributed by atoms with E-state index in [0.717, 1.165) is 18.5 Å². The van der Waals surface area contributed by atoms with Crippen LogP contribution >= 0.6 is 0 Å². The van der Waals surface area contributed by atoms with Gasteiger partial charge in [-0.15, -0.1) is 0 Å². The van der Waals surface area contributed by atoms with Crippen molar-refractivity contribution in [2.24, 2.45) is 5.92 Å². The minimum Gasteiger partial charge on any atom is -0.379 e. The standard InChI is InChI=1S/C16H23NO2/c1-4-7-17-15-10-19-9-14(15)16(18)13-6-5-11(2)12(3)8-13/h5-6,8,14-15,17H,4,7,9-10H2,1-3H3. The fraction of sp³-hybridized carbons (Fsp3) is 0.562. The van der Waals surface area contributed by atoms with Crippen LogP contribution < -0.4 is 5.32 Å². The SMILES string of the molecule is CCCNC1COCC1C(=O)c1ccc(C)c(C)c1. The smallest absolute Gasteiger partial charge is 0.169 e. The molecule has 0 spiro atoms. The lowest BCUT2D eigenvalue weighted by Gasteiger charge is -2.18. The van der Waals surface area contributed by atoms with E-state index in [1.54, 1.807) is 0 Å². The van der Waals surface area contributed by atoms with Crippen molar-refractivity contribution in [3.8, 4) is 0 Å². The van der Waals surface area contributed by atoms with E-state index in [4.69, 9.17) is 4.74 Å². The Kier molecular flexibility index (Phi) is 4.72. The first-order valence-corrected chi connectivity index (χ1v) is 7.06. The highest BCUT2D eigenvalue weighted by Gasteiger charge is 2.33. The third kappa shape index (κ3) is 3.23. The fourth-order valence-electron chi connectivity index (χ4n) is 2.45. The van der Waals surface area contributed by atoms with Gasteiger partial charge in [0.25, 0.3) is 0 Å². The van der Waals surface area contributed by atoms with Gasteiger partial charge < -0.3 is 10.1 Å². The van der Waals surface area contributed by atoms with Crippen LogP contribution in [0.15, 0.2) is 18.2 Å². The van der Waals surface area contributed by atoms with Crippen molar-refractivity contribution in [3.05, 3.63) is 34.9 Å². The number of hydrogen-bond acceptors (Lipinski definition) is 3. The Balaban J connectivity index is 2.11. The monoisotopic (exact) mass is 261 g/mol. The first-order chi connectivity index (χ1) is 9.13. The van der Waals surface area contributed by atoms with Crippen molar-refractivity contribution in [1.29, 1.82) is 0 Å². The first-order valence-electron chi connectivity index (χ1n) is 7.06. The predicted octanol–water partition coefficient (Wildman–Crippen LogP) is 2.50. The lowest BCUT2D eigenvalue weighted by Crippen LogP contribution is -2.39. The number of carbonyl (C=O) groups excluding carboxylic acids is 1. The van der Waals surface area contributed by atoms with Crippen LogP contribution in [0.4, 0.5) is 0 Å². The number of hydrogen-bond donors (Lipinski definition) is 1. The molecule has 0 aromatic heterocycles. The largest absolute Gasteiger partial charge is 0.379 e. The maximum Gasteiger partial charge on any atom is 0.169 e. The first kappa shape index (κ1) is 14.2. The minimum absolute atomic E-state index is 0.0475. The molecule has 1 N–H and O–H groups in total. The Labute approximate surface area is 115 Å². The quantitative estimate of drug-likeness (QED) is 0.828. The molecule has 1 fully saturated rings. The van der Waals surface area contributed by atoms with Gasteiger partial charge in [-0.25, -0.2) is 0 Å². The number of nitrogens with one attached hydrogen (secondary N) is 1. The summed E-state index contributed by atoms with van der Waals surface area (Å²) in [5.74, 6) is 0.155. The molecule has 104 valence electrons. The molecule has 0 saturated carbocycles. The highest BCUT2D eigenvalue weighted by Crippen LogP contribution is 2.21. The Morgan fingerprint density at radius 1 is 1.32 bits per heavy atom. The molecule has 2 rings (SSSR count). The molecule has 1 aliphatic rings. The Morgan fingerprint density at radius 2 is 2.11 bits per heavy atom. The van der Waals surface area contributed by atoms with E-state index in [0.29, 0.717) is 13.2 Å². The third-order valence-electron chi connectivity index (χ3n) is 3.87. The second-order valence-corrected chi connectivity index (χ2v) is 5.37. The molecule has 19 heavy (non-hydrogen) atoms. The summed E-state index contributed by atoms with van der Waals surface area (Å²) in [5.41, 5.74) is 3.20. The lowest BCUT2D eigenvalue weighted by atomic mass is 9.92. The van der Waals surface area contributed by atoms with Crippen LogP contribution in [0.2, 0.25) is 0 Å². The van der Waals surface area contributed by atoms with Gasteiger partial charge in [0, 0.05) is 11.6 Å². The van der Waals surface area contributed by atoms with Crippen LogP contribution in [0, 0.1) is 19.8 Å². The zero-order chi connectivity index (χ0) is 13.8. The number of ether oxygens (including phenoxy) is 1. The van der Waals surface area contributed by atoms with Gasteiger partial charge in [-0.2, -0.15) is 0 Å². The number of aryl methyl sites for hydroxylation is 2. The van der Waals surface area contributed by atoms with Crippen LogP contribution in [-0.2, 0) is 4.74 Å². The molecule has 0 aliphatic carbocycles. The van der Waals surface area contributed by atoms with E-state index in [-0.39, 0.29) is 17.7 Å². The van der Waals surface area contributed by atoms with Gasteiger partial charge in [-0.3, -0.25) is 4.79 Å². The maximum absolute atomic E-state index is 12.6. The van der Waals surface area contributed by atoms with Crippen molar-refractivity contribution in [3.63, 3.8) is 0 Å². The van der Waals surface area contributed by atoms with Gasteiger partial charge in [0.15, 0.2) is 5.78 Å². The second kappa shape index (κ2) is 6.31. The molecule has 3 heteroatoms. The van der Waals surface area contributed by atoms with Crippen LogP contribution in [0.25, 0.3) is 0 Å². The molecule has 2 atom stereocenters. The lowest BCUT2D eigenvalue weighted by molar-refractivity contribution is 0.0891. The molecule has 0 amide bonds. The third-order valence-corrected chi connectivity index (χ3v) is 3.87. The average molecular weight is 261 g/mol. The molecule has 2 unspecified atom stereocenters. The van der Waals surface area contributed by atoms with Gasteiger partial charge in [0.1, 0.15) is 0 Å². The van der Waals surface area contributed by atoms with Gasteiger partial charge >= 0.3 is 0 Å². The summed E-state index contributed by atoms with van der Waals surface area (Å²) in [6.45, 7) is 8.35. The topological polar surface area (TPSA) is 38.3 Å². The van der Waals surface area contributed by atoms with Crippen molar-refractivity contribution in [1.82, 2.24) is 5.32 Å². The summed E-state index contributed by atoms with van der Waals surface area (Å²) < 4.78 is 5.48. The summed E-state index contributed by atoms with van der Waals surface area (Å²) >= 11 is 0. The molecule has 1 heterocycles. The van der Waals surface area contributed by atoms with Crippen molar-refractivity contribution in [2.75, 3.05) is 19.8 Å². The zero-order valence-corrected chi connectivity index (χ0v) is 12.0. The average Bonchev–Trinajstić information content (AvgIpc) is 2.87. The van der Waals surface area contributed by atoms with Crippen molar-refractivity contribution < 1.29 is 9.53 Å². The molecular weight excluding hydrogens is 238 g/mol. The van der Waals surface area contributed by atoms with Crippen molar-refractivity contribution in [2.45, 2.75) is 33.2 Å². The summed E-state index contributed by atoms with van der Waals surface area (Å²) in [4.78, 5) is 12.6. The Hall–Kier alpha value is -1.19. The molecule has 1 saturated heterocycles. The number of ketones is 1. The highest BCUT2D eigenvalue weighted by atomic mass is 16.5. The number of benzene rings is 1.